The molecule has 2 aliphatic heterocycles. The molecule has 0 atom stereocenters. The summed E-state index contributed by atoms with van der Waals surface area (Å²) in [7, 11) is -2.71. The van der Waals surface area contributed by atoms with Gasteiger partial charge in [-0.2, -0.15) is 0 Å². The summed E-state index contributed by atoms with van der Waals surface area (Å²) in [6, 6.07) is 61.4. The minimum atomic E-state index is -2.71. The van der Waals surface area contributed by atoms with E-state index >= 15 is 0 Å². The third-order valence-electron chi connectivity index (χ3n) is 12.0. The lowest BCUT2D eigenvalue weighted by Crippen LogP contribution is -2.77. The van der Waals surface area contributed by atoms with Crippen molar-refractivity contribution in [3.05, 3.63) is 180 Å². The van der Waals surface area contributed by atoms with Crippen molar-refractivity contribution in [2.24, 2.45) is 0 Å². The first-order valence-electron chi connectivity index (χ1n) is 20.0. The lowest BCUT2D eigenvalue weighted by molar-refractivity contribution is 0.487. The largest absolute Gasteiger partial charge is 0.458 e. The van der Waals surface area contributed by atoms with E-state index in [-0.39, 0.29) is 6.71 Å². The summed E-state index contributed by atoms with van der Waals surface area (Å²) in [6.45, 7) is 14.1. The van der Waals surface area contributed by atoms with Crippen LogP contribution in [-0.4, -0.2) is 14.8 Å². The second kappa shape index (κ2) is 13.9. The van der Waals surface area contributed by atoms with E-state index in [4.69, 9.17) is 4.74 Å². The fraction of sp³-hybridized carbons (Fsp3) is 0.176. The maximum Gasteiger partial charge on any atom is 0.251 e. The molecule has 9 rings (SSSR count). The van der Waals surface area contributed by atoms with Crippen molar-refractivity contribution in [3.8, 4) is 11.5 Å². The highest BCUT2D eigenvalue weighted by molar-refractivity contribution is 7.21. The van der Waals surface area contributed by atoms with Gasteiger partial charge in [0.1, 0.15) is 11.5 Å². The second-order valence-corrected chi connectivity index (χ2v) is 20.0. The van der Waals surface area contributed by atoms with Crippen molar-refractivity contribution in [2.75, 3.05) is 4.90 Å². The molecule has 0 radical (unpaired) electrons. The molecule has 0 spiro atoms. The summed E-state index contributed by atoms with van der Waals surface area (Å²) in [5, 5.41) is 5.58. The summed E-state index contributed by atoms with van der Waals surface area (Å²) in [5.74, 6) is 3.05. The molecule has 0 amide bonds. The Morgan fingerprint density at radius 3 is 1.51 bits per heavy atom. The van der Waals surface area contributed by atoms with Crippen LogP contribution in [0.25, 0.3) is 0 Å². The summed E-state index contributed by atoms with van der Waals surface area (Å²) in [5.41, 5.74) is 11.8. The maximum absolute atomic E-state index is 6.81. The van der Waals surface area contributed by atoms with Crippen LogP contribution in [0.15, 0.2) is 164 Å². The fourth-order valence-electron chi connectivity index (χ4n) is 9.44. The molecule has 0 saturated heterocycles. The molecule has 7 aromatic carbocycles. The summed E-state index contributed by atoms with van der Waals surface area (Å²) >= 11 is 0. The minimum Gasteiger partial charge on any atom is -0.458 e. The monoisotopic (exact) mass is 729 g/mol. The van der Waals surface area contributed by atoms with Crippen molar-refractivity contribution in [3.63, 3.8) is 0 Å². The molecule has 0 bridgehead atoms. The van der Waals surface area contributed by atoms with Crippen molar-refractivity contribution < 1.29 is 4.74 Å². The van der Waals surface area contributed by atoms with E-state index < -0.39 is 8.07 Å². The summed E-state index contributed by atoms with van der Waals surface area (Å²) in [4.78, 5) is 2.52. The van der Waals surface area contributed by atoms with Crippen molar-refractivity contribution in [1.29, 1.82) is 0 Å². The number of benzene rings is 7. The Balaban J connectivity index is 1.32. The lowest BCUT2D eigenvalue weighted by atomic mass is 9.34. The molecule has 0 unspecified atom stereocenters. The summed E-state index contributed by atoms with van der Waals surface area (Å²) in [6.07, 6.45) is 0. The highest BCUT2D eigenvalue weighted by atomic mass is 28.3. The van der Waals surface area contributed by atoms with Crippen LogP contribution in [0, 0.1) is 0 Å². The fourth-order valence-corrected chi connectivity index (χ4v) is 14.5. The number of fused-ring (bicyclic) bond motifs is 4. The highest BCUT2D eigenvalue weighted by Gasteiger charge is 2.49. The number of anilines is 3. The van der Waals surface area contributed by atoms with Crippen LogP contribution in [0.2, 0.25) is 0 Å². The Labute approximate surface area is 328 Å². The number of nitrogens with zero attached hydrogens (tertiary/aromatic N) is 1. The predicted octanol–water partition coefficient (Wildman–Crippen LogP) is 8.84. The molecule has 0 fully saturated rings. The molecule has 0 saturated carbocycles. The van der Waals surface area contributed by atoms with Gasteiger partial charge in [-0.25, -0.2) is 0 Å². The second-order valence-electron chi connectivity index (χ2n) is 16.2. The molecule has 2 nitrogen and oxygen atoms in total. The standard InChI is InChI=1S/C51H48BNOSi/c1-34(2)37-31-41(35(3)4)51(42(32-37)36(5)6)52-43-23-13-16-26-47(43)54-48-30-29-38(33-44(48)52)53-45-24-14-17-27-49(45)55(39-19-9-7-10-20-39,40-21-11-8-12-22-40)50-28-18-15-25-46(50)53/h7-36H,1-6H3. The van der Waals surface area contributed by atoms with E-state index in [1.807, 2.05) is 0 Å². The third kappa shape index (κ3) is 5.61. The molecular formula is C51H48BNOSi. The Hall–Kier alpha value is -5.58. The summed E-state index contributed by atoms with van der Waals surface area (Å²) < 4.78 is 6.81. The van der Waals surface area contributed by atoms with Crippen LogP contribution in [0.4, 0.5) is 17.1 Å². The van der Waals surface area contributed by atoms with Gasteiger partial charge < -0.3 is 9.64 Å². The van der Waals surface area contributed by atoms with Gasteiger partial charge in [-0.1, -0.05) is 174 Å². The topological polar surface area (TPSA) is 12.5 Å². The van der Waals surface area contributed by atoms with E-state index in [1.54, 1.807) is 0 Å². The van der Waals surface area contributed by atoms with E-state index in [1.165, 1.54) is 65.2 Å². The van der Waals surface area contributed by atoms with Gasteiger partial charge in [0.2, 0.25) is 0 Å². The highest BCUT2D eigenvalue weighted by Crippen LogP contribution is 2.40. The number of hydrogen-bond acceptors (Lipinski definition) is 2. The van der Waals surface area contributed by atoms with E-state index in [0.717, 1.165) is 17.2 Å². The first kappa shape index (κ1) is 35.1. The maximum atomic E-state index is 6.81. The van der Waals surface area contributed by atoms with E-state index in [0.29, 0.717) is 17.8 Å². The van der Waals surface area contributed by atoms with Crippen molar-refractivity contribution >= 4 is 69.0 Å². The quantitative estimate of drug-likeness (QED) is 0.152. The van der Waals surface area contributed by atoms with Gasteiger partial charge in [0.25, 0.3) is 6.71 Å². The van der Waals surface area contributed by atoms with E-state index in [9.17, 15) is 0 Å². The molecule has 0 N–H and O–H groups in total. The zero-order valence-electron chi connectivity index (χ0n) is 32.8. The van der Waals surface area contributed by atoms with Crippen LogP contribution in [0.1, 0.15) is 76.0 Å². The van der Waals surface area contributed by atoms with Gasteiger partial charge in [-0.3, -0.25) is 0 Å². The SMILES string of the molecule is CC(C)c1cc(C(C)C)c(B2c3ccccc3Oc3ccc(N4c5ccccc5[Si](c5ccccc5)(c5ccccc5)c5ccccc54)cc32)c(C(C)C)c1. The minimum absolute atomic E-state index is 0.0216. The smallest absolute Gasteiger partial charge is 0.251 e. The van der Waals surface area contributed by atoms with Gasteiger partial charge in [0.05, 0.1) is 0 Å². The van der Waals surface area contributed by atoms with Crippen LogP contribution < -0.4 is 46.8 Å². The molecule has 0 aliphatic carbocycles. The van der Waals surface area contributed by atoms with Gasteiger partial charge in [0, 0.05) is 17.1 Å². The number of hydrogen-bond donors (Lipinski definition) is 0. The molecule has 2 aliphatic rings. The molecule has 2 heterocycles. The van der Waals surface area contributed by atoms with Crippen LogP contribution in [0.3, 0.4) is 0 Å². The van der Waals surface area contributed by atoms with Gasteiger partial charge in [-0.15, -0.1) is 0 Å². The number of para-hydroxylation sites is 3. The zero-order valence-corrected chi connectivity index (χ0v) is 33.8. The van der Waals surface area contributed by atoms with Crippen molar-refractivity contribution in [2.45, 2.75) is 59.3 Å². The molecule has 7 aromatic rings. The van der Waals surface area contributed by atoms with Gasteiger partial charge >= 0.3 is 0 Å². The molecule has 0 aromatic heterocycles. The lowest BCUT2D eigenvalue weighted by Gasteiger charge is -2.45. The average Bonchev–Trinajstić information content (AvgIpc) is 3.22. The molecule has 270 valence electrons. The van der Waals surface area contributed by atoms with Crippen LogP contribution in [-0.2, 0) is 0 Å². The Morgan fingerprint density at radius 2 is 0.964 bits per heavy atom. The Bertz CT molecular complexity index is 2410. The Morgan fingerprint density at radius 1 is 0.473 bits per heavy atom. The average molecular weight is 730 g/mol. The van der Waals surface area contributed by atoms with Gasteiger partial charge in [0.15, 0.2) is 8.07 Å². The van der Waals surface area contributed by atoms with E-state index in [2.05, 4.69) is 210 Å². The first-order valence-corrected chi connectivity index (χ1v) is 22.0. The number of ether oxygens (including phenoxy) is 1. The molecule has 55 heavy (non-hydrogen) atoms. The van der Waals surface area contributed by atoms with Crippen LogP contribution >= 0.6 is 0 Å². The predicted molar refractivity (Wildman–Crippen MR) is 238 cm³/mol. The Kier molecular flexibility index (Phi) is 8.90. The first-order chi connectivity index (χ1) is 26.8. The zero-order chi connectivity index (χ0) is 37.8. The molecular weight excluding hydrogens is 681 g/mol. The molecule has 4 heteroatoms. The van der Waals surface area contributed by atoms with Crippen molar-refractivity contribution in [1.82, 2.24) is 0 Å². The number of rotatable bonds is 7. The van der Waals surface area contributed by atoms with Gasteiger partial charge in [-0.05, 0) is 103 Å². The normalized spacial score (nSPS) is 14.0. The third-order valence-corrected chi connectivity index (χ3v) is 16.9. The van der Waals surface area contributed by atoms with Crippen LogP contribution in [0.5, 0.6) is 11.5 Å².